The summed E-state index contributed by atoms with van der Waals surface area (Å²) in [5, 5.41) is 2.35. The van der Waals surface area contributed by atoms with Gasteiger partial charge in [-0.15, -0.1) is 11.3 Å². The predicted molar refractivity (Wildman–Crippen MR) is 80.0 cm³/mol. The van der Waals surface area contributed by atoms with E-state index in [1.54, 1.807) is 0 Å². The minimum Gasteiger partial charge on any atom is -0.148 e. The lowest BCUT2D eigenvalue weighted by molar-refractivity contribution is 0.220. The molecule has 1 unspecified atom stereocenters. The van der Waals surface area contributed by atoms with Gasteiger partial charge in [0.1, 0.15) is 0 Å². The first-order chi connectivity index (χ1) is 7.66. The van der Waals surface area contributed by atoms with Crippen LogP contribution in [0.2, 0.25) is 0 Å². The Morgan fingerprint density at radius 2 is 1.76 bits per heavy atom. The second-order valence-corrected chi connectivity index (χ2v) is 7.93. The number of hydrogen-bond acceptors (Lipinski definition) is 1. The van der Waals surface area contributed by atoms with Crippen LogP contribution in [-0.4, -0.2) is 0 Å². The van der Waals surface area contributed by atoms with Gasteiger partial charge in [-0.3, -0.25) is 0 Å². The summed E-state index contributed by atoms with van der Waals surface area (Å²) < 4.78 is 0. The first kappa shape index (κ1) is 14.8. The zero-order valence-electron chi connectivity index (χ0n) is 12.6. The third kappa shape index (κ3) is 3.84. The van der Waals surface area contributed by atoms with Gasteiger partial charge in [0.05, 0.1) is 0 Å². The van der Waals surface area contributed by atoms with Gasteiger partial charge in [-0.05, 0) is 40.2 Å². The Morgan fingerprint density at radius 3 is 2.18 bits per heavy atom. The first-order valence-corrected chi connectivity index (χ1v) is 7.62. The Bertz CT molecular complexity index is 352. The Balaban J connectivity index is 2.74. The molecule has 17 heavy (non-hydrogen) atoms. The maximum absolute atomic E-state index is 2.41. The highest BCUT2D eigenvalue weighted by atomic mass is 32.1. The summed E-state index contributed by atoms with van der Waals surface area (Å²) >= 11 is 1.92. The minimum atomic E-state index is 0.298. The van der Waals surface area contributed by atoms with Crippen LogP contribution in [0, 0.1) is 11.3 Å². The highest BCUT2D eigenvalue weighted by Gasteiger charge is 2.24. The number of rotatable bonds is 4. The van der Waals surface area contributed by atoms with Crippen LogP contribution in [0.4, 0.5) is 0 Å². The minimum absolute atomic E-state index is 0.298. The molecule has 0 aliphatic heterocycles. The zero-order valence-corrected chi connectivity index (χ0v) is 13.4. The molecular weight excluding hydrogens is 224 g/mol. The molecule has 0 saturated carbocycles. The normalized spacial score (nSPS) is 15.0. The Kier molecular flexibility index (Phi) is 4.46. The highest BCUT2D eigenvalue weighted by molar-refractivity contribution is 7.10. The van der Waals surface area contributed by atoms with Gasteiger partial charge in [0.25, 0.3) is 0 Å². The monoisotopic (exact) mass is 252 g/mol. The van der Waals surface area contributed by atoms with Crippen LogP contribution in [0.3, 0.4) is 0 Å². The van der Waals surface area contributed by atoms with Crippen LogP contribution in [0.1, 0.15) is 65.3 Å². The van der Waals surface area contributed by atoms with Crippen LogP contribution in [0.25, 0.3) is 0 Å². The highest BCUT2D eigenvalue weighted by Crippen LogP contribution is 2.35. The van der Waals surface area contributed by atoms with E-state index in [0.717, 1.165) is 5.92 Å². The van der Waals surface area contributed by atoms with Gasteiger partial charge in [0.2, 0.25) is 0 Å². The molecule has 1 heteroatoms. The Labute approximate surface area is 111 Å². The maximum Gasteiger partial charge on any atom is 0.0102 e. The average molecular weight is 252 g/mol. The molecule has 0 radical (unpaired) electrons. The first-order valence-electron chi connectivity index (χ1n) is 6.74. The molecule has 0 saturated heterocycles. The van der Waals surface area contributed by atoms with Crippen molar-refractivity contribution in [2.75, 3.05) is 0 Å². The van der Waals surface area contributed by atoms with Crippen molar-refractivity contribution in [1.82, 2.24) is 0 Å². The molecule has 0 aromatic carbocycles. The van der Waals surface area contributed by atoms with Crippen molar-refractivity contribution < 1.29 is 0 Å². The third-order valence-electron chi connectivity index (χ3n) is 4.18. The summed E-state index contributed by atoms with van der Waals surface area (Å²) in [5.41, 5.74) is 2.27. The van der Waals surface area contributed by atoms with Crippen molar-refractivity contribution >= 4 is 11.3 Å². The second-order valence-electron chi connectivity index (χ2n) is 7.02. The lowest BCUT2D eigenvalue weighted by Crippen LogP contribution is -2.22. The molecule has 0 amide bonds. The third-order valence-corrected chi connectivity index (χ3v) is 5.58. The van der Waals surface area contributed by atoms with Crippen molar-refractivity contribution in [2.24, 2.45) is 11.3 Å². The van der Waals surface area contributed by atoms with Gasteiger partial charge in [-0.2, -0.15) is 0 Å². The molecule has 1 heterocycles. The van der Waals surface area contributed by atoms with Crippen molar-refractivity contribution in [3.8, 4) is 0 Å². The smallest absolute Gasteiger partial charge is 0.0102 e. The topological polar surface area (TPSA) is 0 Å². The van der Waals surface area contributed by atoms with E-state index < -0.39 is 0 Å². The van der Waals surface area contributed by atoms with E-state index in [1.807, 2.05) is 11.3 Å². The molecule has 1 atom stereocenters. The fourth-order valence-electron chi connectivity index (χ4n) is 1.85. The molecule has 0 aliphatic carbocycles. The summed E-state index contributed by atoms with van der Waals surface area (Å²) in [6.07, 6.45) is 2.47. The molecule has 1 rings (SSSR count). The molecule has 0 nitrogen and oxygen atoms in total. The Morgan fingerprint density at radius 1 is 1.18 bits per heavy atom. The summed E-state index contributed by atoms with van der Waals surface area (Å²) in [7, 11) is 0. The lowest BCUT2D eigenvalue weighted by atomic mass is 9.75. The molecule has 0 bridgehead atoms. The van der Waals surface area contributed by atoms with E-state index in [-0.39, 0.29) is 0 Å². The molecule has 1 aromatic rings. The second kappa shape index (κ2) is 5.14. The molecular formula is C16H28S. The molecule has 0 spiro atoms. The summed E-state index contributed by atoms with van der Waals surface area (Å²) in [6, 6.07) is 2.41. The van der Waals surface area contributed by atoms with E-state index in [0.29, 0.717) is 10.8 Å². The zero-order chi connectivity index (χ0) is 13.3. The van der Waals surface area contributed by atoms with Gasteiger partial charge in [0.15, 0.2) is 0 Å². The lowest BCUT2D eigenvalue weighted by Gasteiger charge is -2.30. The maximum atomic E-state index is 2.41. The predicted octanol–water partition coefficient (Wildman–Crippen LogP) is 5.66. The largest absolute Gasteiger partial charge is 0.148 e. The van der Waals surface area contributed by atoms with Gasteiger partial charge in [0, 0.05) is 4.88 Å². The summed E-state index contributed by atoms with van der Waals surface area (Å²) in [6.45, 7) is 16.3. The van der Waals surface area contributed by atoms with Crippen LogP contribution in [-0.2, 0) is 11.8 Å². The number of hydrogen-bond donors (Lipinski definition) is 0. The van der Waals surface area contributed by atoms with Crippen molar-refractivity contribution in [2.45, 2.75) is 66.7 Å². The van der Waals surface area contributed by atoms with E-state index >= 15 is 0 Å². The van der Waals surface area contributed by atoms with Crippen molar-refractivity contribution in [3.05, 3.63) is 21.9 Å². The molecule has 1 aromatic heterocycles. The van der Waals surface area contributed by atoms with Gasteiger partial charge in [-0.25, -0.2) is 0 Å². The van der Waals surface area contributed by atoms with Crippen molar-refractivity contribution in [3.63, 3.8) is 0 Å². The SMILES string of the molecule is CCC(C)(C)C(C)Cc1csc(C(C)(C)C)c1. The van der Waals surface area contributed by atoms with Crippen LogP contribution in [0.15, 0.2) is 11.4 Å². The van der Waals surface area contributed by atoms with Crippen LogP contribution < -0.4 is 0 Å². The van der Waals surface area contributed by atoms with E-state index in [1.165, 1.54) is 23.3 Å². The number of thiophene rings is 1. The van der Waals surface area contributed by atoms with Crippen LogP contribution in [0.5, 0.6) is 0 Å². The van der Waals surface area contributed by atoms with E-state index in [2.05, 4.69) is 59.9 Å². The molecule has 98 valence electrons. The molecule has 0 N–H and O–H groups in total. The Hall–Kier alpha value is -0.300. The molecule has 0 fully saturated rings. The van der Waals surface area contributed by atoms with Gasteiger partial charge < -0.3 is 0 Å². The van der Waals surface area contributed by atoms with Crippen LogP contribution >= 0.6 is 11.3 Å². The van der Waals surface area contributed by atoms with Gasteiger partial charge in [-0.1, -0.05) is 54.9 Å². The standard InChI is InChI=1S/C16H28S/c1-8-16(6,7)12(2)9-13-10-14(17-11-13)15(3,4)5/h10-12H,8-9H2,1-7H3. The van der Waals surface area contributed by atoms with Crippen molar-refractivity contribution in [1.29, 1.82) is 0 Å². The fourth-order valence-corrected chi connectivity index (χ4v) is 2.87. The fraction of sp³-hybridized carbons (Fsp3) is 0.750. The summed E-state index contributed by atoms with van der Waals surface area (Å²) in [5.74, 6) is 0.745. The average Bonchev–Trinajstić information content (AvgIpc) is 2.65. The summed E-state index contributed by atoms with van der Waals surface area (Å²) in [4.78, 5) is 1.51. The molecule has 0 aliphatic rings. The van der Waals surface area contributed by atoms with E-state index in [9.17, 15) is 0 Å². The quantitative estimate of drug-likeness (QED) is 0.648. The van der Waals surface area contributed by atoms with E-state index in [4.69, 9.17) is 0 Å². The van der Waals surface area contributed by atoms with Gasteiger partial charge >= 0.3 is 0 Å².